The number of carbonyl (C=O) groups excluding carboxylic acids is 2. The van der Waals surface area contributed by atoms with E-state index < -0.39 is 0 Å². The number of hydrogen-bond acceptors (Lipinski definition) is 7. The predicted octanol–water partition coefficient (Wildman–Crippen LogP) is 4.06. The van der Waals surface area contributed by atoms with E-state index in [4.69, 9.17) is 15.6 Å². The Morgan fingerprint density at radius 1 is 1.02 bits per heavy atom. The maximum atomic E-state index is 13.4. The number of aromatic nitrogens is 2. The molecular weight excluding hydrogens is 506 g/mol. The number of nitrogens with one attached hydrogen (secondary N) is 2. The molecule has 1 aliphatic carbocycles. The van der Waals surface area contributed by atoms with Crippen LogP contribution >= 0.6 is 0 Å². The highest BCUT2D eigenvalue weighted by atomic mass is 16.3. The third-order valence-electron chi connectivity index (χ3n) is 7.73. The van der Waals surface area contributed by atoms with Gasteiger partial charge in [-0.05, 0) is 48.7 Å². The van der Waals surface area contributed by atoms with E-state index in [9.17, 15) is 9.59 Å². The average molecular weight is 538 g/mol. The molecule has 0 spiro atoms. The van der Waals surface area contributed by atoms with Crippen LogP contribution in [0.1, 0.15) is 41.4 Å². The van der Waals surface area contributed by atoms with Crippen molar-refractivity contribution in [2.75, 3.05) is 31.5 Å². The van der Waals surface area contributed by atoms with Crippen LogP contribution in [0.3, 0.4) is 0 Å². The van der Waals surface area contributed by atoms with Gasteiger partial charge < -0.3 is 20.4 Å². The number of nitrogens with zero attached hydrogens (tertiary/aromatic N) is 4. The number of nitrogens with two attached hydrogens (primary N) is 1. The zero-order chi connectivity index (χ0) is 27.6. The third kappa shape index (κ3) is 5.17. The number of anilines is 1. The molecular formula is C30H31N7O3. The standard InChI is InChI=1S/C30H31N7O3/c31-27(32)26(19-5-2-1-3-6-19)36-13-15-37(16-14-36)30(39)24-17-21(11-12-33-24)29-35-23-18-22(9-10-25(23)40-29)34-28(38)20-7-4-8-20/h1-3,5-6,9-12,17-18,20,26H,4,7-8,13-16H2,(H3,31,32)(H,34,38). The summed E-state index contributed by atoms with van der Waals surface area (Å²) >= 11 is 0. The summed E-state index contributed by atoms with van der Waals surface area (Å²) in [6.45, 7) is 2.18. The minimum Gasteiger partial charge on any atom is -0.436 e. The van der Waals surface area contributed by atoms with E-state index in [1.807, 2.05) is 36.4 Å². The number of carbonyl (C=O) groups is 2. The number of rotatable bonds is 7. The van der Waals surface area contributed by atoms with E-state index in [1.54, 1.807) is 35.4 Å². The predicted molar refractivity (Wildman–Crippen MR) is 152 cm³/mol. The van der Waals surface area contributed by atoms with Crippen LogP contribution in [-0.4, -0.2) is 63.6 Å². The van der Waals surface area contributed by atoms with Crippen LogP contribution in [-0.2, 0) is 4.79 Å². The molecule has 3 heterocycles. The summed E-state index contributed by atoms with van der Waals surface area (Å²) < 4.78 is 5.96. The number of oxazole rings is 1. The van der Waals surface area contributed by atoms with Crippen LogP contribution in [0.25, 0.3) is 22.6 Å². The molecule has 2 aromatic heterocycles. The molecule has 204 valence electrons. The minimum absolute atomic E-state index is 0.0457. The van der Waals surface area contributed by atoms with Gasteiger partial charge in [0.15, 0.2) is 5.58 Å². The molecule has 0 bridgehead atoms. The van der Waals surface area contributed by atoms with E-state index in [-0.39, 0.29) is 29.6 Å². The Balaban J connectivity index is 1.14. The van der Waals surface area contributed by atoms with Gasteiger partial charge in [0.05, 0.1) is 6.04 Å². The Labute approximate surface area is 231 Å². The van der Waals surface area contributed by atoms with Crippen LogP contribution < -0.4 is 11.1 Å². The van der Waals surface area contributed by atoms with E-state index >= 15 is 0 Å². The monoisotopic (exact) mass is 537 g/mol. The molecule has 4 N–H and O–H groups in total. The Hall–Kier alpha value is -4.57. The van der Waals surface area contributed by atoms with Crippen molar-refractivity contribution in [1.29, 1.82) is 5.41 Å². The van der Waals surface area contributed by atoms with Crippen LogP contribution in [0.5, 0.6) is 0 Å². The first-order chi connectivity index (χ1) is 19.5. The molecule has 40 heavy (non-hydrogen) atoms. The number of pyridine rings is 1. The molecule has 1 unspecified atom stereocenters. The molecule has 2 fully saturated rings. The second-order valence-electron chi connectivity index (χ2n) is 10.3. The van der Waals surface area contributed by atoms with Crippen molar-refractivity contribution in [3.05, 3.63) is 78.1 Å². The maximum absolute atomic E-state index is 13.4. The van der Waals surface area contributed by atoms with Gasteiger partial charge in [0, 0.05) is 49.5 Å². The van der Waals surface area contributed by atoms with Crippen LogP contribution in [0.15, 0.2) is 71.3 Å². The summed E-state index contributed by atoms with van der Waals surface area (Å²) in [5, 5.41) is 11.1. The van der Waals surface area contributed by atoms with Gasteiger partial charge >= 0.3 is 0 Å². The highest BCUT2D eigenvalue weighted by molar-refractivity contribution is 5.95. The van der Waals surface area contributed by atoms with E-state index in [0.29, 0.717) is 60.1 Å². The molecule has 10 heteroatoms. The van der Waals surface area contributed by atoms with Crippen LogP contribution in [0.4, 0.5) is 5.69 Å². The summed E-state index contributed by atoms with van der Waals surface area (Å²) in [5.74, 6) is 0.443. The zero-order valence-corrected chi connectivity index (χ0v) is 22.0. The lowest BCUT2D eigenvalue weighted by Crippen LogP contribution is -2.51. The number of benzene rings is 2. The quantitative estimate of drug-likeness (QED) is 0.238. The number of hydrogen-bond donors (Lipinski definition) is 3. The lowest BCUT2D eigenvalue weighted by atomic mass is 9.85. The van der Waals surface area contributed by atoms with Gasteiger partial charge in [-0.15, -0.1) is 0 Å². The minimum atomic E-state index is -0.314. The van der Waals surface area contributed by atoms with Gasteiger partial charge in [-0.3, -0.25) is 24.9 Å². The highest BCUT2D eigenvalue weighted by Crippen LogP contribution is 2.30. The van der Waals surface area contributed by atoms with Gasteiger partial charge in [0.25, 0.3) is 5.91 Å². The van der Waals surface area contributed by atoms with Crippen molar-refractivity contribution < 1.29 is 14.0 Å². The molecule has 0 radical (unpaired) electrons. The van der Waals surface area contributed by atoms with Crippen molar-refractivity contribution >= 4 is 34.4 Å². The molecule has 2 aromatic carbocycles. The Morgan fingerprint density at radius 2 is 1.80 bits per heavy atom. The summed E-state index contributed by atoms with van der Waals surface area (Å²) in [4.78, 5) is 38.5. The number of piperazine rings is 1. The molecule has 1 saturated carbocycles. The third-order valence-corrected chi connectivity index (χ3v) is 7.73. The van der Waals surface area contributed by atoms with Gasteiger partial charge in [0.2, 0.25) is 11.8 Å². The van der Waals surface area contributed by atoms with Gasteiger partial charge in [-0.25, -0.2) is 4.98 Å². The van der Waals surface area contributed by atoms with Crippen molar-refractivity contribution in [3.8, 4) is 11.5 Å². The molecule has 2 aliphatic rings. The van der Waals surface area contributed by atoms with Gasteiger partial charge in [-0.2, -0.15) is 0 Å². The Bertz CT molecular complexity index is 1560. The smallest absolute Gasteiger partial charge is 0.272 e. The Kier molecular flexibility index (Phi) is 7.00. The second kappa shape index (κ2) is 10.9. The fourth-order valence-corrected chi connectivity index (χ4v) is 5.29. The molecule has 1 aliphatic heterocycles. The van der Waals surface area contributed by atoms with Gasteiger partial charge in [-0.1, -0.05) is 36.8 Å². The largest absolute Gasteiger partial charge is 0.436 e. The molecule has 10 nitrogen and oxygen atoms in total. The summed E-state index contributed by atoms with van der Waals surface area (Å²) in [6, 6.07) is 18.3. The van der Waals surface area contributed by atoms with Gasteiger partial charge in [0.1, 0.15) is 17.0 Å². The van der Waals surface area contributed by atoms with Crippen LogP contribution in [0.2, 0.25) is 0 Å². The van der Waals surface area contributed by atoms with Crippen LogP contribution in [0, 0.1) is 11.3 Å². The lowest BCUT2D eigenvalue weighted by molar-refractivity contribution is -0.122. The molecule has 4 aromatic rings. The van der Waals surface area contributed by atoms with Crippen molar-refractivity contribution in [1.82, 2.24) is 19.8 Å². The fourth-order valence-electron chi connectivity index (χ4n) is 5.29. The molecule has 1 saturated heterocycles. The first kappa shape index (κ1) is 25.7. The SMILES string of the molecule is N=C(N)C(c1ccccc1)N1CCN(C(=O)c2cc(-c3nc4cc(NC(=O)C5CCC5)ccc4o3)ccn2)CC1. The van der Waals surface area contributed by atoms with E-state index in [1.165, 1.54) is 0 Å². The summed E-state index contributed by atoms with van der Waals surface area (Å²) in [6.07, 6.45) is 4.56. The first-order valence-corrected chi connectivity index (χ1v) is 13.6. The lowest BCUT2D eigenvalue weighted by Gasteiger charge is -2.38. The fraction of sp³-hybridized carbons (Fsp3) is 0.300. The maximum Gasteiger partial charge on any atom is 0.272 e. The van der Waals surface area contributed by atoms with Crippen molar-refractivity contribution in [3.63, 3.8) is 0 Å². The Morgan fingerprint density at radius 3 is 2.50 bits per heavy atom. The second-order valence-corrected chi connectivity index (χ2v) is 10.3. The number of amides is 2. The normalized spacial score (nSPS) is 16.9. The zero-order valence-electron chi connectivity index (χ0n) is 22.0. The molecule has 1 atom stereocenters. The highest BCUT2D eigenvalue weighted by Gasteiger charge is 2.30. The number of fused-ring (bicyclic) bond motifs is 1. The first-order valence-electron chi connectivity index (χ1n) is 13.6. The number of amidine groups is 1. The van der Waals surface area contributed by atoms with Crippen molar-refractivity contribution in [2.45, 2.75) is 25.3 Å². The summed E-state index contributed by atoms with van der Waals surface area (Å²) in [5.41, 5.74) is 9.79. The summed E-state index contributed by atoms with van der Waals surface area (Å²) in [7, 11) is 0. The molecule has 2 amide bonds. The average Bonchev–Trinajstić information content (AvgIpc) is 3.36. The van der Waals surface area contributed by atoms with E-state index in [0.717, 1.165) is 24.8 Å². The van der Waals surface area contributed by atoms with E-state index in [2.05, 4.69) is 20.2 Å². The molecule has 6 rings (SSSR count). The topological polar surface area (TPSA) is 141 Å². The van der Waals surface area contributed by atoms with Crippen molar-refractivity contribution in [2.24, 2.45) is 11.7 Å².